The van der Waals surface area contributed by atoms with Gasteiger partial charge in [0.1, 0.15) is 48.0 Å². The summed E-state index contributed by atoms with van der Waals surface area (Å²) in [5.74, 6) is 0.965. The maximum Gasteiger partial charge on any atom is 0.327 e. The Kier molecular flexibility index (Phi) is 18.5. The summed E-state index contributed by atoms with van der Waals surface area (Å²) in [5.41, 5.74) is 11.1. The maximum atomic E-state index is 13.1. The molecule has 10 heterocycles. The molecule has 0 bridgehead atoms. The summed E-state index contributed by atoms with van der Waals surface area (Å²) in [4.78, 5) is 59.8. The molecule has 88 heavy (non-hydrogen) atoms. The van der Waals surface area contributed by atoms with Crippen molar-refractivity contribution >= 4 is 108 Å². The number of hydrogen-bond acceptors (Lipinski definition) is 20. The van der Waals surface area contributed by atoms with E-state index >= 15 is 0 Å². The van der Waals surface area contributed by atoms with E-state index in [1.807, 2.05) is 85.3 Å². The van der Waals surface area contributed by atoms with E-state index in [4.69, 9.17) is 63.3 Å². The van der Waals surface area contributed by atoms with Gasteiger partial charge >= 0.3 is 18.0 Å². The van der Waals surface area contributed by atoms with Gasteiger partial charge in [0.15, 0.2) is 0 Å². The molecular formula is C59H56Cl3N17O9. The highest BCUT2D eigenvalue weighted by atomic mass is 35.5. The van der Waals surface area contributed by atoms with Crippen LogP contribution in [0.15, 0.2) is 135 Å². The first-order valence-corrected chi connectivity index (χ1v) is 27.0. The molecule has 0 saturated carbocycles. The molecular weight excluding hydrogens is 1200 g/mol. The van der Waals surface area contributed by atoms with Gasteiger partial charge in [0.25, 0.3) is 17.7 Å². The molecule has 29 heteroatoms. The van der Waals surface area contributed by atoms with Crippen molar-refractivity contribution in [2.24, 2.45) is 0 Å². The van der Waals surface area contributed by atoms with Crippen LogP contribution in [0.1, 0.15) is 71.0 Å². The number of aromatic nitrogens is 13. The number of nitrogens with two attached hydrogens (primary N) is 1. The summed E-state index contributed by atoms with van der Waals surface area (Å²) >= 11 is 18.5. The number of halogens is 3. The molecule has 2 aliphatic rings. The number of aliphatic hydroxyl groups is 1. The molecule has 452 valence electrons. The number of benzene rings is 4. The zero-order valence-electron chi connectivity index (χ0n) is 44.9. The standard InChI is InChI=1S/C20H16Cl2N4O3.C18H13ClN6O3.C18H15N7O3.3CH4/c1-12-23-24-20(29-12)26-8-7-13-11-14(5-6-17(13)26)25(9-10-27)19(28)18-15(21)3-2-4-16(18)22;2*1-10-22-23-18(28-10)25-5-4-11-8-12(2-3-13(11)25)24-6-7-27-16-14(17(24)26)15(19)20-9-21-16;;;/h2-8,11,27H,9-10H2,1H3;2-5,8-9H,6-7H2,1H3;2-5,8-9H,6-7H2,1H3,(H2,19,20,21);3*1H4. The van der Waals surface area contributed by atoms with Crippen LogP contribution in [0, 0.1) is 20.8 Å². The minimum atomic E-state index is -0.388. The molecule has 2 aliphatic heterocycles. The molecule has 0 spiro atoms. The molecule has 0 atom stereocenters. The van der Waals surface area contributed by atoms with Crippen LogP contribution in [0.3, 0.4) is 0 Å². The van der Waals surface area contributed by atoms with Crippen molar-refractivity contribution in [2.75, 3.05) is 59.9 Å². The molecule has 8 aromatic heterocycles. The number of nitrogens with zero attached hydrogens (tertiary/aromatic N) is 16. The summed E-state index contributed by atoms with van der Waals surface area (Å²) in [6.07, 6.45) is 8.05. The lowest BCUT2D eigenvalue weighted by atomic mass is 10.1. The summed E-state index contributed by atoms with van der Waals surface area (Å²) in [6, 6.07) is 28.5. The minimum Gasteiger partial charge on any atom is -0.475 e. The zero-order valence-corrected chi connectivity index (χ0v) is 47.1. The highest BCUT2D eigenvalue weighted by molar-refractivity contribution is 6.40. The second-order valence-corrected chi connectivity index (χ2v) is 19.9. The van der Waals surface area contributed by atoms with E-state index in [2.05, 4.69) is 50.5 Å². The number of anilines is 4. The molecule has 26 nitrogen and oxygen atoms in total. The van der Waals surface area contributed by atoms with Gasteiger partial charge in [0.2, 0.25) is 29.4 Å². The molecule has 0 aliphatic carbocycles. The topological polar surface area (TPSA) is 309 Å². The minimum absolute atomic E-state index is 0. The van der Waals surface area contributed by atoms with Crippen molar-refractivity contribution in [2.45, 2.75) is 43.1 Å². The monoisotopic (exact) mass is 1250 g/mol. The van der Waals surface area contributed by atoms with Crippen LogP contribution in [0.2, 0.25) is 15.2 Å². The zero-order chi connectivity index (χ0) is 59.0. The van der Waals surface area contributed by atoms with Crippen LogP contribution in [0.25, 0.3) is 50.8 Å². The maximum absolute atomic E-state index is 13.1. The Morgan fingerprint density at radius 3 is 1.49 bits per heavy atom. The van der Waals surface area contributed by atoms with Crippen molar-refractivity contribution in [1.82, 2.24) is 64.2 Å². The van der Waals surface area contributed by atoms with E-state index in [9.17, 15) is 19.5 Å². The lowest BCUT2D eigenvalue weighted by molar-refractivity contribution is 0.0976. The van der Waals surface area contributed by atoms with Gasteiger partial charge in [-0.25, -0.2) is 19.9 Å². The molecule has 3 amide bonds. The van der Waals surface area contributed by atoms with Gasteiger partial charge in [-0.05, 0) is 84.9 Å². The molecule has 0 unspecified atom stereocenters. The lowest BCUT2D eigenvalue weighted by Crippen LogP contribution is -2.34. The molecule has 14 rings (SSSR count). The van der Waals surface area contributed by atoms with E-state index < -0.39 is 0 Å². The average Bonchev–Trinajstić information content (AvgIpc) is 2.23. The second-order valence-electron chi connectivity index (χ2n) is 18.8. The summed E-state index contributed by atoms with van der Waals surface area (Å²) in [6.45, 7) is 6.40. The summed E-state index contributed by atoms with van der Waals surface area (Å²) < 4.78 is 33.0. The fourth-order valence-corrected chi connectivity index (χ4v) is 10.4. The van der Waals surface area contributed by atoms with E-state index in [0.717, 1.165) is 38.4 Å². The van der Waals surface area contributed by atoms with E-state index in [-0.39, 0.29) is 103 Å². The van der Waals surface area contributed by atoms with Gasteiger partial charge in [-0.2, -0.15) is 0 Å². The van der Waals surface area contributed by atoms with E-state index in [1.54, 1.807) is 68.5 Å². The van der Waals surface area contributed by atoms with Gasteiger partial charge in [-0.15, -0.1) is 15.3 Å². The van der Waals surface area contributed by atoms with Gasteiger partial charge in [0.05, 0.1) is 51.9 Å². The number of carbonyl (C=O) groups is 3. The van der Waals surface area contributed by atoms with Crippen LogP contribution in [-0.4, -0.2) is 127 Å². The van der Waals surface area contributed by atoms with Gasteiger partial charge < -0.3 is 48.3 Å². The van der Waals surface area contributed by atoms with Crippen molar-refractivity contribution in [3.05, 3.63) is 172 Å². The Morgan fingerprint density at radius 2 is 1.02 bits per heavy atom. The third-order valence-corrected chi connectivity index (χ3v) is 14.4. The Balaban J connectivity index is 0.000000154. The number of aliphatic hydroxyl groups excluding tert-OH is 1. The smallest absolute Gasteiger partial charge is 0.327 e. The number of hydrogen-bond donors (Lipinski definition) is 2. The summed E-state index contributed by atoms with van der Waals surface area (Å²) in [7, 11) is 0. The van der Waals surface area contributed by atoms with Crippen molar-refractivity contribution in [3.8, 4) is 29.8 Å². The Hall–Kier alpha value is -10.3. The number of nitrogen functional groups attached to an aromatic ring is 1. The first-order chi connectivity index (χ1) is 41.2. The normalized spacial score (nSPS) is 12.6. The van der Waals surface area contributed by atoms with Gasteiger partial charge in [-0.1, -0.05) is 78.4 Å². The quantitative estimate of drug-likeness (QED) is 0.127. The van der Waals surface area contributed by atoms with Gasteiger partial charge in [0, 0.05) is 79.1 Å². The third kappa shape index (κ3) is 12.0. The number of amides is 3. The SMILES string of the molecule is C.C.C.Cc1nnc(-n2ccc3cc(N(CCO)C(=O)c4c(Cl)cccc4Cl)ccc32)o1.Cc1nnc(-n2ccc3cc(N4CCOc5ncnc(Cl)c5C4=O)ccc32)o1.Cc1nnc(-n2ccc3cc(N4CCOc5ncnc(N)c5C4=O)ccc32)o1. The van der Waals surface area contributed by atoms with Crippen molar-refractivity contribution < 1.29 is 42.2 Å². The number of fused-ring (bicyclic) bond motifs is 5. The Morgan fingerprint density at radius 1 is 0.580 bits per heavy atom. The van der Waals surface area contributed by atoms with E-state index in [0.29, 0.717) is 73.4 Å². The molecule has 3 N–H and O–H groups in total. The lowest BCUT2D eigenvalue weighted by Gasteiger charge is -2.23. The fourth-order valence-electron chi connectivity index (χ4n) is 9.59. The Bertz CT molecular complexity index is 4330. The first-order valence-electron chi connectivity index (χ1n) is 25.8. The van der Waals surface area contributed by atoms with Crippen LogP contribution in [-0.2, 0) is 0 Å². The predicted molar refractivity (Wildman–Crippen MR) is 331 cm³/mol. The number of aryl methyl sites for hydroxylation is 3. The largest absolute Gasteiger partial charge is 0.475 e. The number of ether oxygens (including phenoxy) is 2. The first kappa shape index (κ1) is 62.3. The predicted octanol–water partition coefficient (Wildman–Crippen LogP) is 10.7. The Labute approximate surface area is 516 Å². The van der Waals surface area contributed by atoms with Crippen LogP contribution in [0.5, 0.6) is 11.8 Å². The van der Waals surface area contributed by atoms with Gasteiger partial charge in [-0.3, -0.25) is 28.1 Å². The van der Waals surface area contributed by atoms with Crippen molar-refractivity contribution in [1.29, 1.82) is 0 Å². The van der Waals surface area contributed by atoms with Crippen molar-refractivity contribution in [3.63, 3.8) is 0 Å². The molecule has 0 saturated heterocycles. The molecule has 4 aromatic carbocycles. The van der Waals surface area contributed by atoms with E-state index in [1.165, 1.54) is 17.6 Å². The number of rotatable bonds is 9. The molecule has 0 fully saturated rings. The summed E-state index contributed by atoms with van der Waals surface area (Å²) in [5, 5.41) is 36.5. The highest BCUT2D eigenvalue weighted by Gasteiger charge is 2.31. The molecule has 12 aromatic rings. The van der Waals surface area contributed by atoms with Crippen LogP contribution in [0.4, 0.5) is 22.9 Å². The third-order valence-electron chi connectivity index (χ3n) is 13.5. The average molecular weight is 1250 g/mol. The fraction of sp³-hybridized carbons (Fsp3) is 0.203. The highest BCUT2D eigenvalue weighted by Crippen LogP contribution is 2.35. The van der Waals surface area contributed by atoms with Crippen LogP contribution < -0.4 is 29.9 Å². The second kappa shape index (κ2) is 26.1. The molecule has 0 radical (unpaired) electrons. The van der Waals surface area contributed by atoms with Crippen LogP contribution >= 0.6 is 34.8 Å². The number of carbonyl (C=O) groups excluding carboxylic acids is 3.